The van der Waals surface area contributed by atoms with Crippen LogP contribution in [0.2, 0.25) is 10.0 Å². The van der Waals surface area contributed by atoms with Gasteiger partial charge in [0.25, 0.3) is 0 Å². The van der Waals surface area contributed by atoms with Crippen LogP contribution in [0, 0.1) is 11.8 Å². The van der Waals surface area contributed by atoms with E-state index in [-0.39, 0.29) is 17.7 Å². The summed E-state index contributed by atoms with van der Waals surface area (Å²) in [7, 11) is 0. The van der Waals surface area contributed by atoms with E-state index in [4.69, 9.17) is 23.2 Å². The highest BCUT2D eigenvalue weighted by molar-refractivity contribution is 6.42. The second-order valence-corrected chi connectivity index (χ2v) is 10.5. The van der Waals surface area contributed by atoms with Crippen molar-refractivity contribution in [2.45, 2.75) is 26.7 Å². The molecule has 0 saturated carbocycles. The van der Waals surface area contributed by atoms with Gasteiger partial charge in [-0.1, -0.05) is 30.1 Å². The predicted molar refractivity (Wildman–Crippen MR) is 136 cm³/mol. The number of halogens is 2. The Balaban J connectivity index is 1.20. The van der Waals surface area contributed by atoms with Gasteiger partial charge in [-0.25, -0.2) is 0 Å². The summed E-state index contributed by atoms with van der Waals surface area (Å²) >= 11 is 12.2. The van der Waals surface area contributed by atoms with Crippen LogP contribution in [0.3, 0.4) is 0 Å². The first kappa shape index (κ1) is 25.2. The number of hydrazone groups is 1. The van der Waals surface area contributed by atoms with Crippen molar-refractivity contribution in [3.05, 3.63) is 28.2 Å². The third-order valence-electron chi connectivity index (χ3n) is 7.02. The summed E-state index contributed by atoms with van der Waals surface area (Å²) in [5, 5.41) is 10.5. The van der Waals surface area contributed by atoms with Crippen LogP contribution in [-0.2, 0) is 9.59 Å². The molecule has 2 saturated heterocycles. The van der Waals surface area contributed by atoms with Gasteiger partial charge in [-0.2, -0.15) is 5.10 Å². The average molecular weight is 509 g/mol. The minimum Gasteiger partial charge on any atom is -0.340 e. The monoisotopic (exact) mass is 508 g/mol. The number of nitrogens with one attached hydrogen (secondary N) is 1. The topological polar surface area (TPSA) is 71.5 Å². The first-order valence-corrected chi connectivity index (χ1v) is 12.8. The minimum absolute atomic E-state index is 0.0135. The zero-order chi connectivity index (χ0) is 24.2. The molecule has 0 aromatic heterocycles. The molecule has 0 spiro atoms. The van der Waals surface area contributed by atoms with Gasteiger partial charge in [-0.15, -0.1) is 0 Å². The number of amides is 2. The molecule has 34 heavy (non-hydrogen) atoms. The Kier molecular flexibility index (Phi) is 8.34. The van der Waals surface area contributed by atoms with Crippen LogP contribution in [0.5, 0.6) is 0 Å². The van der Waals surface area contributed by atoms with Crippen LogP contribution in [-0.4, -0.2) is 91.3 Å². The third-order valence-corrected chi connectivity index (χ3v) is 7.76. The number of carbonyl (C=O) groups is 2. The maximum absolute atomic E-state index is 12.7. The standard InChI is InChI=1S/C24H34Cl2N6O2/c1-17-14-32(20-3-4-21(25)22(26)13-20)28-24(17)27-23(34)16-29-7-5-19(6-8-29)15-30-9-11-31(12-10-30)18(2)33/h3-4,13,17,19H,5-12,14-16H2,1-2H3,(H,27,28,34). The average Bonchev–Trinajstić information content (AvgIpc) is 3.17. The number of likely N-dealkylation sites (tertiary alicyclic amines) is 1. The molecule has 3 heterocycles. The molecule has 0 radical (unpaired) electrons. The molecule has 10 heteroatoms. The highest BCUT2D eigenvalue weighted by Gasteiger charge is 2.28. The molecule has 2 fully saturated rings. The maximum Gasteiger partial charge on any atom is 0.239 e. The number of hydrogen-bond donors (Lipinski definition) is 1. The first-order valence-electron chi connectivity index (χ1n) is 12.1. The van der Waals surface area contributed by atoms with Crippen molar-refractivity contribution in [2.75, 3.05) is 63.9 Å². The summed E-state index contributed by atoms with van der Waals surface area (Å²) in [5.74, 6) is 1.62. The number of nitrogens with zero attached hydrogens (tertiary/aromatic N) is 5. The number of piperazine rings is 1. The summed E-state index contributed by atoms with van der Waals surface area (Å²) in [6.07, 6.45) is 2.20. The lowest BCUT2D eigenvalue weighted by molar-refractivity contribution is -0.130. The van der Waals surface area contributed by atoms with Crippen molar-refractivity contribution in [3.8, 4) is 0 Å². The number of carbonyl (C=O) groups excluding carboxylic acids is 2. The van der Waals surface area contributed by atoms with Crippen molar-refractivity contribution in [1.29, 1.82) is 0 Å². The Labute approximate surface area is 211 Å². The molecule has 0 aliphatic carbocycles. The van der Waals surface area contributed by atoms with Crippen LogP contribution >= 0.6 is 23.2 Å². The summed E-state index contributed by atoms with van der Waals surface area (Å²) in [6, 6.07) is 5.42. The van der Waals surface area contributed by atoms with Crippen LogP contribution in [0.15, 0.2) is 23.3 Å². The molecule has 2 amide bonds. The van der Waals surface area contributed by atoms with Crippen molar-refractivity contribution in [3.63, 3.8) is 0 Å². The molecule has 1 aromatic carbocycles. The van der Waals surface area contributed by atoms with E-state index in [1.54, 1.807) is 19.1 Å². The summed E-state index contributed by atoms with van der Waals surface area (Å²) in [6.45, 7) is 11.3. The SMILES string of the molecule is CC(=O)N1CCN(CC2CCN(CC(=O)NC3=NN(c4ccc(Cl)c(Cl)c4)CC3C)CC2)CC1. The quantitative estimate of drug-likeness (QED) is 0.661. The Morgan fingerprint density at radius 3 is 2.38 bits per heavy atom. The number of benzene rings is 1. The van der Waals surface area contributed by atoms with Gasteiger partial charge in [0.05, 0.1) is 28.8 Å². The van der Waals surface area contributed by atoms with Crippen LogP contribution in [0.25, 0.3) is 0 Å². The van der Waals surface area contributed by atoms with Gasteiger partial charge in [0, 0.05) is 45.6 Å². The van der Waals surface area contributed by atoms with Gasteiger partial charge in [-0.05, 0) is 50.0 Å². The lowest BCUT2D eigenvalue weighted by atomic mass is 9.96. The van der Waals surface area contributed by atoms with E-state index in [0.29, 0.717) is 34.9 Å². The van der Waals surface area contributed by atoms with E-state index in [2.05, 4.69) is 27.1 Å². The summed E-state index contributed by atoms with van der Waals surface area (Å²) in [4.78, 5) is 30.8. The molecular weight excluding hydrogens is 475 g/mol. The molecule has 4 rings (SSSR count). The first-order chi connectivity index (χ1) is 16.3. The minimum atomic E-state index is -0.0135. The Hall–Kier alpha value is -1.87. The number of rotatable bonds is 5. The Morgan fingerprint density at radius 1 is 1.03 bits per heavy atom. The highest BCUT2D eigenvalue weighted by atomic mass is 35.5. The molecule has 3 aliphatic rings. The molecule has 1 atom stereocenters. The van der Waals surface area contributed by atoms with Gasteiger partial charge >= 0.3 is 0 Å². The van der Waals surface area contributed by atoms with Gasteiger partial charge < -0.3 is 10.2 Å². The highest BCUT2D eigenvalue weighted by Crippen LogP contribution is 2.29. The zero-order valence-electron chi connectivity index (χ0n) is 20.0. The van der Waals surface area contributed by atoms with Crippen LogP contribution in [0.4, 0.5) is 5.69 Å². The van der Waals surface area contributed by atoms with E-state index in [1.807, 2.05) is 16.0 Å². The predicted octanol–water partition coefficient (Wildman–Crippen LogP) is 2.76. The van der Waals surface area contributed by atoms with Crippen molar-refractivity contribution >= 4 is 46.5 Å². The lowest BCUT2D eigenvalue weighted by Gasteiger charge is -2.38. The summed E-state index contributed by atoms with van der Waals surface area (Å²) in [5.41, 5.74) is 0.857. The molecule has 8 nitrogen and oxygen atoms in total. The fourth-order valence-corrected chi connectivity index (χ4v) is 5.19. The van der Waals surface area contributed by atoms with E-state index < -0.39 is 0 Å². The largest absolute Gasteiger partial charge is 0.340 e. The third kappa shape index (κ3) is 6.42. The fourth-order valence-electron chi connectivity index (χ4n) is 4.90. The second-order valence-electron chi connectivity index (χ2n) is 9.64. The fraction of sp³-hybridized carbons (Fsp3) is 0.625. The normalized spacial score (nSPS) is 22.7. The number of amidine groups is 1. The van der Waals surface area contributed by atoms with E-state index in [1.165, 1.54) is 0 Å². The van der Waals surface area contributed by atoms with Gasteiger partial charge in [-0.3, -0.25) is 24.4 Å². The number of anilines is 1. The second kappa shape index (κ2) is 11.2. The zero-order valence-corrected chi connectivity index (χ0v) is 21.5. The summed E-state index contributed by atoms with van der Waals surface area (Å²) < 4.78 is 0. The number of piperidine rings is 1. The Bertz CT molecular complexity index is 926. The maximum atomic E-state index is 12.7. The van der Waals surface area contributed by atoms with Gasteiger partial charge in [0.2, 0.25) is 11.8 Å². The molecule has 1 aromatic rings. The molecule has 1 unspecified atom stereocenters. The molecular formula is C24H34Cl2N6O2. The van der Waals surface area contributed by atoms with Gasteiger partial charge in [0.1, 0.15) is 5.84 Å². The molecule has 0 bridgehead atoms. The van der Waals surface area contributed by atoms with E-state index in [9.17, 15) is 9.59 Å². The van der Waals surface area contributed by atoms with E-state index in [0.717, 1.165) is 64.3 Å². The van der Waals surface area contributed by atoms with Crippen molar-refractivity contribution < 1.29 is 9.59 Å². The van der Waals surface area contributed by atoms with E-state index >= 15 is 0 Å². The molecule has 3 aliphatic heterocycles. The van der Waals surface area contributed by atoms with Gasteiger partial charge in [0.15, 0.2) is 0 Å². The van der Waals surface area contributed by atoms with Crippen molar-refractivity contribution in [2.24, 2.45) is 16.9 Å². The smallest absolute Gasteiger partial charge is 0.239 e. The lowest BCUT2D eigenvalue weighted by Crippen LogP contribution is -2.50. The Morgan fingerprint density at radius 2 is 1.74 bits per heavy atom. The van der Waals surface area contributed by atoms with Crippen LogP contribution in [0.1, 0.15) is 26.7 Å². The van der Waals surface area contributed by atoms with Crippen molar-refractivity contribution in [1.82, 2.24) is 20.0 Å². The number of hydrogen-bond acceptors (Lipinski definition) is 6. The molecule has 1 N–H and O–H groups in total. The van der Waals surface area contributed by atoms with Crippen LogP contribution < -0.4 is 10.3 Å². The molecule has 186 valence electrons.